The number of likely N-dealkylation sites (tertiary alicyclic amines) is 1. The van der Waals surface area contributed by atoms with E-state index in [9.17, 15) is 10.1 Å². The predicted molar refractivity (Wildman–Crippen MR) is 171 cm³/mol. The number of hydrogen-bond acceptors (Lipinski definition) is 8. The van der Waals surface area contributed by atoms with Crippen molar-refractivity contribution in [3.8, 4) is 11.9 Å². The molecule has 2 aromatic heterocycles. The number of H-pyrrole nitrogens is 1. The lowest BCUT2D eigenvalue weighted by Gasteiger charge is -2.46. The fourth-order valence-corrected chi connectivity index (χ4v) is 7.79. The molecule has 1 aliphatic carbocycles. The van der Waals surface area contributed by atoms with Gasteiger partial charge in [-0.2, -0.15) is 10.4 Å². The lowest BCUT2D eigenvalue weighted by atomic mass is 9.95. The first kappa shape index (κ1) is 28.7. The van der Waals surface area contributed by atoms with Crippen LogP contribution >= 0.6 is 0 Å². The molecule has 5 heterocycles. The Balaban J connectivity index is 1.29. The first-order valence-corrected chi connectivity index (χ1v) is 16.1. The van der Waals surface area contributed by atoms with Crippen LogP contribution in [0.25, 0.3) is 10.9 Å². The van der Waals surface area contributed by atoms with E-state index in [4.69, 9.17) is 9.72 Å². The minimum atomic E-state index is -0.0536. The Morgan fingerprint density at radius 1 is 1.16 bits per heavy atom. The van der Waals surface area contributed by atoms with E-state index in [2.05, 4.69) is 70.6 Å². The van der Waals surface area contributed by atoms with Gasteiger partial charge in [0, 0.05) is 48.7 Å². The highest BCUT2D eigenvalue weighted by Crippen LogP contribution is 2.48. The average molecular weight is 595 g/mol. The number of benzene rings is 1. The van der Waals surface area contributed by atoms with Crippen LogP contribution in [0, 0.1) is 11.3 Å². The average Bonchev–Trinajstić information content (AvgIpc) is 3.61. The molecule has 10 heteroatoms. The molecule has 1 saturated carbocycles. The second-order valence-corrected chi connectivity index (χ2v) is 13.1. The molecule has 44 heavy (non-hydrogen) atoms. The monoisotopic (exact) mass is 594 g/mol. The topological polar surface area (TPSA) is 105 Å². The fourth-order valence-electron chi connectivity index (χ4n) is 7.79. The number of hydrogen-bond donors (Lipinski definition) is 1. The summed E-state index contributed by atoms with van der Waals surface area (Å²) in [6.07, 6.45) is 8.79. The molecule has 3 aromatic rings. The Labute approximate surface area is 259 Å². The first-order chi connectivity index (χ1) is 21.4. The van der Waals surface area contributed by atoms with Crippen LogP contribution in [0.4, 0.5) is 11.4 Å². The van der Waals surface area contributed by atoms with Gasteiger partial charge in [-0.15, -0.1) is 0 Å². The highest BCUT2D eigenvalue weighted by Gasteiger charge is 2.37. The van der Waals surface area contributed by atoms with Crippen LogP contribution in [0.15, 0.2) is 31.0 Å². The molecule has 1 N–H and O–H groups in total. The molecule has 10 nitrogen and oxygen atoms in total. The molecule has 3 fully saturated rings. The molecule has 1 aromatic carbocycles. The van der Waals surface area contributed by atoms with E-state index in [0.29, 0.717) is 49.6 Å². The molecule has 0 spiro atoms. The minimum Gasteiger partial charge on any atom is -0.475 e. The summed E-state index contributed by atoms with van der Waals surface area (Å²) in [5.41, 5.74) is 7.22. The number of rotatable bonds is 7. The quantitative estimate of drug-likeness (QED) is 0.403. The van der Waals surface area contributed by atoms with E-state index in [-0.39, 0.29) is 18.0 Å². The number of fused-ring (bicyclic) bond motifs is 2. The second-order valence-electron chi connectivity index (χ2n) is 13.1. The number of nitrogens with one attached hydrogen (secondary N) is 1. The van der Waals surface area contributed by atoms with Crippen molar-refractivity contribution in [1.29, 1.82) is 5.26 Å². The lowest BCUT2D eigenvalue weighted by molar-refractivity contribution is -0.130. The molecule has 3 atom stereocenters. The lowest BCUT2D eigenvalue weighted by Crippen LogP contribution is -2.58. The number of nitrogens with zero attached hydrogens (tertiary/aromatic N) is 7. The van der Waals surface area contributed by atoms with Crippen LogP contribution in [0.5, 0.6) is 5.88 Å². The molecule has 4 aliphatic rings. The van der Waals surface area contributed by atoms with E-state index in [1.807, 2.05) is 11.1 Å². The number of aromatic amines is 1. The Bertz CT molecular complexity index is 1630. The summed E-state index contributed by atoms with van der Waals surface area (Å²) in [5.74, 6) is 0.967. The molecular formula is C34H42N8O2. The molecule has 1 amide bonds. The SMILES string of the molecule is C=CC(=O)N1[C@H](C)CN(c2c(C#N)c(OC[C@@H]3CCCN3C)nc3c2CCN(c2c(C4CC4)ccc4[nH]ncc24)C3)C[C@@H]1C. The van der Waals surface area contributed by atoms with Crippen molar-refractivity contribution in [2.24, 2.45) is 0 Å². The maximum absolute atomic E-state index is 12.7. The van der Waals surface area contributed by atoms with E-state index >= 15 is 0 Å². The van der Waals surface area contributed by atoms with Crippen molar-refractivity contribution in [2.45, 2.75) is 76.5 Å². The number of aromatic nitrogens is 3. The number of ether oxygens (including phenoxy) is 1. The largest absolute Gasteiger partial charge is 0.475 e. The van der Waals surface area contributed by atoms with Crippen molar-refractivity contribution in [3.05, 3.63) is 53.4 Å². The normalized spacial score (nSPS) is 24.0. The first-order valence-electron chi connectivity index (χ1n) is 16.1. The number of pyridine rings is 1. The van der Waals surface area contributed by atoms with Crippen LogP contribution in [0.2, 0.25) is 0 Å². The van der Waals surface area contributed by atoms with E-state index < -0.39 is 0 Å². The number of piperazine rings is 1. The Kier molecular flexibility index (Phi) is 7.45. The highest BCUT2D eigenvalue weighted by atomic mass is 16.5. The summed E-state index contributed by atoms with van der Waals surface area (Å²) in [6, 6.07) is 7.17. The summed E-state index contributed by atoms with van der Waals surface area (Å²) in [4.78, 5) is 26.8. The molecule has 2 saturated heterocycles. The van der Waals surface area contributed by atoms with Gasteiger partial charge in [0.1, 0.15) is 18.2 Å². The van der Waals surface area contributed by atoms with Gasteiger partial charge in [0.25, 0.3) is 0 Å². The van der Waals surface area contributed by atoms with Crippen LogP contribution in [0.1, 0.15) is 67.8 Å². The van der Waals surface area contributed by atoms with Gasteiger partial charge >= 0.3 is 0 Å². The molecule has 0 unspecified atom stereocenters. The van der Waals surface area contributed by atoms with Crippen molar-refractivity contribution in [1.82, 2.24) is 25.0 Å². The van der Waals surface area contributed by atoms with Gasteiger partial charge in [-0.25, -0.2) is 4.98 Å². The van der Waals surface area contributed by atoms with Gasteiger partial charge in [-0.1, -0.05) is 12.6 Å². The molecule has 0 radical (unpaired) electrons. The Morgan fingerprint density at radius 2 is 1.95 bits per heavy atom. The number of amides is 1. The molecule has 7 rings (SSSR count). The number of likely N-dealkylation sites (N-methyl/N-ethyl adjacent to an activating group) is 1. The smallest absolute Gasteiger partial charge is 0.246 e. The maximum Gasteiger partial charge on any atom is 0.246 e. The number of nitriles is 1. The maximum atomic E-state index is 12.7. The van der Waals surface area contributed by atoms with Crippen LogP contribution < -0.4 is 14.5 Å². The number of carbonyl (C=O) groups excluding carboxylic acids is 1. The zero-order valence-electron chi connectivity index (χ0n) is 26.1. The van der Waals surface area contributed by atoms with Gasteiger partial charge in [0.05, 0.1) is 35.3 Å². The summed E-state index contributed by atoms with van der Waals surface area (Å²) in [6.45, 7) is 12.1. The minimum absolute atomic E-state index is 0.0315. The number of carbonyl (C=O) groups is 1. The highest BCUT2D eigenvalue weighted by molar-refractivity contribution is 5.94. The van der Waals surface area contributed by atoms with Crippen molar-refractivity contribution in [3.63, 3.8) is 0 Å². The van der Waals surface area contributed by atoms with Crippen LogP contribution in [0.3, 0.4) is 0 Å². The van der Waals surface area contributed by atoms with Crippen molar-refractivity contribution < 1.29 is 9.53 Å². The van der Waals surface area contributed by atoms with E-state index in [0.717, 1.165) is 60.2 Å². The summed E-state index contributed by atoms with van der Waals surface area (Å²) in [5, 5.41) is 19.3. The summed E-state index contributed by atoms with van der Waals surface area (Å²) < 4.78 is 6.47. The molecule has 3 aliphatic heterocycles. The summed E-state index contributed by atoms with van der Waals surface area (Å²) in [7, 11) is 2.14. The summed E-state index contributed by atoms with van der Waals surface area (Å²) >= 11 is 0. The van der Waals surface area contributed by atoms with Gasteiger partial charge < -0.3 is 24.3 Å². The van der Waals surface area contributed by atoms with Gasteiger partial charge in [-0.3, -0.25) is 9.89 Å². The van der Waals surface area contributed by atoms with Gasteiger partial charge in [0.2, 0.25) is 11.8 Å². The van der Waals surface area contributed by atoms with Crippen molar-refractivity contribution >= 4 is 28.2 Å². The van der Waals surface area contributed by atoms with Gasteiger partial charge in [-0.05, 0) is 83.2 Å². The standard InChI is InChI=1S/C34H42N8O2/c1-5-31(43)42-21(2)17-41(18-22(42)3)33-26-12-14-40(32-25(23-8-9-23)10-11-29-28(32)16-36-38-29)19-30(26)37-34(27(33)15-35)44-20-24-7-6-13-39(24)4/h5,10-11,16,21-24H,1,6-9,12-14,17-20H2,2-4H3,(H,36,38)/t21-,22+,24-/m0/s1. The van der Waals surface area contributed by atoms with Crippen LogP contribution in [-0.4, -0.2) is 88.8 Å². The third-order valence-electron chi connectivity index (χ3n) is 10.1. The second kappa shape index (κ2) is 11.4. The van der Waals surface area contributed by atoms with Crippen molar-refractivity contribution in [2.75, 3.05) is 49.6 Å². The third kappa shape index (κ3) is 4.97. The molecule has 0 bridgehead atoms. The Morgan fingerprint density at radius 3 is 2.64 bits per heavy atom. The molecular weight excluding hydrogens is 552 g/mol. The zero-order valence-corrected chi connectivity index (χ0v) is 26.1. The third-order valence-corrected chi connectivity index (χ3v) is 10.1. The number of anilines is 2. The Hall–Kier alpha value is -4.10. The molecule has 230 valence electrons. The van der Waals surface area contributed by atoms with E-state index in [1.54, 1.807) is 0 Å². The zero-order chi connectivity index (χ0) is 30.5. The van der Waals surface area contributed by atoms with Crippen LogP contribution in [-0.2, 0) is 17.8 Å². The predicted octanol–water partition coefficient (Wildman–Crippen LogP) is 4.35. The van der Waals surface area contributed by atoms with Gasteiger partial charge in [0.15, 0.2) is 0 Å². The van der Waals surface area contributed by atoms with E-state index in [1.165, 1.54) is 30.2 Å². The fraction of sp³-hybridized carbons (Fsp3) is 0.529.